The van der Waals surface area contributed by atoms with Crippen LogP contribution in [0.5, 0.6) is 0 Å². The van der Waals surface area contributed by atoms with Crippen molar-refractivity contribution in [1.82, 2.24) is 20.0 Å². The number of rotatable bonds is 4. The fourth-order valence-electron chi connectivity index (χ4n) is 3.57. The maximum absolute atomic E-state index is 5.53. The van der Waals surface area contributed by atoms with E-state index < -0.39 is 0 Å². The van der Waals surface area contributed by atoms with Crippen LogP contribution >= 0.6 is 27.3 Å². The van der Waals surface area contributed by atoms with E-state index in [1.807, 2.05) is 30.3 Å². The van der Waals surface area contributed by atoms with Gasteiger partial charge in [0.15, 0.2) is 0 Å². The largest absolute Gasteiger partial charge is 0.338 e. The molecule has 0 amide bonds. The van der Waals surface area contributed by atoms with Crippen molar-refractivity contribution in [3.8, 4) is 11.4 Å². The van der Waals surface area contributed by atoms with Crippen molar-refractivity contribution in [3.63, 3.8) is 0 Å². The monoisotopic (exact) mass is 440 g/mol. The summed E-state index contributed by atoms with van der Waals surface area (Å²) in [6.07, 6.45) is 2.28. The summed E-state index contributed by atoms with van der Waals surface area (Å²) in [6, 6.07) is 16.6. The molecule has 7 heteroatoms. The van der Waals surface area contributed by atoms with Gasteiger partial charge < -0.3 is 4.52 Å². The molecule has 0 saturated carbocycles. The van der Waals surface area contributed by atoms with E-state index in [0.717, 1.165) is 34.9 Å². The molecule has 5 nitrogen and oxygen atoms in total. The van der Waals surface area contributed by atoms with E-state index in [1.165, 1.54) is 9.71 Å². The lowest BCUT2D eigenvalue weighted by atomic mass is 10.2. The van der Waals surface area contributed by atoms with Gasteiger partial charge >= 0.3 is 0 Å². The lowest BCUT2D eigenvalue weighted by molar-refractivity contribution is 0.212. The molecule has 3 heterocycles. The molecule has 1 atom stereocenters. The molecule has 0 bridgehead atoms. The zero-order chi connectivity index (χ0) is 18.2. The summed E-state index contributed by atoms with van der Waals surface area (Å²) in [5.74, 6) is 1.28. The number of benzene rings is 2. The molecule has 4 aromatic rings. The third-order valence-corrected chi connectivity index (χ3v) is 6.48. The van der Waals surface area contributed by atoms with Gasteiger partial charge in [0.05, 0.1) is 22.8 Å². The highest BCUT2D eigenvalue weighted by Gasteiger charge is 2.30. The number of likely N-dealkylation sites (tertiary alicyclic amines) is 1. The average molecular weight is 441 g/mol. The predicted octanol–water partition coefficient (Wildman–Crippen LogP) is 5.45. The summed E-state index contributed by atoms with van der Waals surface area (Å²) in [7, 11) is 0. The molecule has 0 radical (unpaired) electrons. The van der Waals surface area contributed by atoms with Crippen LogP contribution in [0, 0.1) is 0 Å². The molecule has 0 aliphatic carbocycles. The molecule has 1 aliphatic rings. The van der Waals surface area contributed by atoms with Crippen LogP contribution in [-0.4, -0.2) is 26.6 Å². The molecule has 2 aromatic heterocycles. The van der Waals surface area contributed by atoms with Crippen molar-refractivity contribution < 1.29 is 4.52 Å². The summed E-state index contributed by atoms with van der Waals surface area (Å²) >= 11 is 5.27. The minimum Gasteiger partial charge on any atom is -0.338 e. The van der Waals surface area contributed by atoms with E-state index in [0.29, 0.717) is 24.3 Å². The van der Waals surface area contributed by atoms with Crippen molar-refractivity contribution in [2.45, 2.75) is 25.4 Å². The molecule has 1 fully saturated rings. The fraction of sp³-hybridized carbons (Fsp3) is 0.250. The summed E-state index contributed by atoms with van der Waals surface area (Å²) < 4.78 is 7.78. The van der Waals surface area contributed by atoms with Crippen LogP contribution in [-0.2, 0) is 6.54 Å². The van der Waals surface area contributed by atoms with Crippen molar-refractivity contribution in [1.29, 1.82) is 0 Å². The quantitative estimate of drug-likeness (QED) is 0.422. The summed E-state index contributed by atoms with van der Waals surface area (Å²) in [5.41, 5.74) is 2.03. The predicted molar refractivity (Wildman–Crippen MR) is 109 cm³/mol. The number of halogens is 1. The second-order valence-corrected chi connectivity index (χ2v) is 8.65. The molecule has 1 saturated heterocycles. The highest BCUT2D eigenvalue weighted by Crippen LogP contribution is 2.37. The Morgan fingerprint density at radius 3 is 2.96 bits per heavy atom. The van der Waals surface area contributed by atoms with Crippen LogP contribution in [0.15, 0.2) is 57.5 Å². The fourth-order valence-corrected chi connectivity index (χ4v) is 5.10. The Bertz CT molecular complexity index is 1060. The Hall–Kier alpha value is -2.09. The zero-order valence-electron chi connectivity index (χ0n) is 14.5. The third kappa shape index (κ3) is 3.42. The summed E-state index contributed by atoms with van der Waals surface area (Å²) in [5, 5.41) is 5.34. The molecular weight excluding hydrogens is 424 g/mol. The first kappa shape index (κ1) is 17.0. The Morgan fingerprint density at radius 1 is 1.15 bits per heavy atom. The van der Waals surface area contributed by atoms with Gasteiger partial charge in [-0.2, -0.15) is 4.98 Å². The Labute approximate surface area is 169 Å². The zero-order valence-corrected chi connectivity index (χ0v) is 16.9. The molecule has 0 N–H and O–H groups in total. The second kappa shape index (κ2) is 7.14. The van der Waals surface area contributed by atoms with E-state index in [2.05, 4.69) is 49.2 Å². The van der Waals surface area contributed by atoms with Crippen LogP contribution in [0.25, 0.3) is 21.6 Å². The van der Waals surface area contributed by atoms with Crippen molar-refractivity contribution in [3.05, 3.63) is 63.9 Å². The van der Waals surface area contributed by atoms with Gasteiger partial charge in [-0.3, -0.25) is 4.90 Å². The number of hydrogen-bond acceptors (Lipinski definition) is 6. The highest BCUT2D eigenvalue weighted by molar-refractivity contribution is 9.10. The number of nitrogens with zero attached hydrogens (tertiary/aromatic N) is 4. The third-order valence-electron chi connectivity index (χ3n) is 4.85. The highest BCUT2D eigenvalue weighted by atomic mass is 79.9. The normalized spacial score (nSPS) is 17.7. The van der Waals surface area contributed by atoms with Gasteiger partial charge in [-0.25, -0.2) is 4.98 Å². The van der Waals surface area contributed by atoms with E-state index in [4.69, 9.17) is 9.51 Å². The van der Waals surface area contributed by atoms with Gasteiger partial charge in [-0.05, 0) is 43.7 Å². The molecule has 0 unspecified atom stereocenters. The van der Waals surface area contributed by atoms with E-state index in [-0.39, 0.29) is 0 Å². The molecule has 5 rings (SSSR count). The van der Waals surface area contributed by atoms with Crippen LogP contribution < -0.4 is 0 Å². The smallest absolute Gasteiger partial charge is 0.241 e. The molecule has 1 aliphatic heterocycles. The summed E-state index contributed by atoms with van der Waals surface area (Å²) in [6.45, 7) is 1.68. The van der Waals surface area contributed by atoms with Crippen LogP contribution in [0.4, 0.5) is 0 Å². The molecule has 0 spiro atoms. The van der Waals surface area contributed by atoms with E-state index in [1.54, 1.807) is 11.3 Å². The summed E-state index contributed by atoms with van der Waals surface area (Å²) in [4.78, 5) is 11.9. The minimum absolute atomic E-state index is 0.323. The lowest BCUT2D eigenvalue weighted by Gasteiger charge is -2.20. The van der Waals surface area contributed by atoms with Crippen LogP contribution in [0.1, 0.15) is 29.8 Å². The number of para-hydroxylation sites is 1. The number of aromatic nitrogens is 3. The van der Waals surface area contributed by atoms with Crippen LogP contribution in [0.2, 0.25) is 0 Å². The van der Waals surface area contributed by atoms with Crippen LogP contribution in [0.3, 0.4) is 0 Å². The first-order valence-corrected chi connectivity index (χ1v) is 10.6. The second-order valence-electron chi connectivity index (χ2n) is 6.67. The molecule has 2 aromatic carbocycles. The van der Waals surface area contributed by atoms with Gasteiger partial charge in [0, 0.05) is 10.0 Å². The van der Waals surface area contributed by atoms with Gasteiger partial charge in [0.25, 0.3) is 0 Å². The molecule has 136 valence electrons. The van der Waals surface area contributed by atoms with Crippen molar-refractivity contribution in [2.24, 2.45) is 0 Å². The first-order chi connectivity index (χ1) is 13.3. The van der Waals surface area contributed by atoms with E-state index in [9.17, 15) is 0 Å². The number of fused-ring (bicyclic) bond motifs is 1. The number of hydrogen-bond donors (Lipinski definition) is 0. The van der Waals surface area contributed by atoms with Gasteiger partial charge in [0.1, 0.15) is 5.01 Å². The standard InChI is InChI=1S/C20H17BrN4OS/c21-14-6-3-5-13(11-14)19-23-18(26-24-19)12-25-10-4-8-16(25)20-22-15-7-1-2-9-17(15)27-20/h1-3,5-7,9,11,16H,4,8,10,12H2/t16-/m1/s1. The Morgan fingerprint density at radius 2 is 2.07 bits per heavy atom. The number of thiazole rings is 1. The van der Waals surface area contributed by atoms with Crippen molar-refractivity contribution in [2.75, 3.05) is 6.54 Å². The Balaban J connectivity index is 1.37. The molecular formula is C20H17BrN4OS. The maximum Gasteiger partial charge on any atom is 0.241 e. The first-order valence-electron chi connectivity index (χ1n) is 8.94. The Kier molecular flexibility index (Phi) is 4.51. The lowest BCUT2D eigenvalue weighted by Crippen LogP contribution is -2.22. The van der Waals surface area contributed by atoms with E-state index >= 15 is 0 Å². The van der Waals surface area contributed by atoms with Crippen molar-refractivity contribution >= 4 is 37.5 Å². The van der Waals surface area contributed by atoms with Gasteiger partial charge in [-0.15, -0.1) is 11.3 Å². The van der Waals surface area contributed by atoms with Gasteiger partial charge in [0.2, 0.25) is 11.7 Å². The molecule has 27 heavy (non-hydrogen) atoms. The topological polar surface area (TPSA) is 55.1 Å². The SMILES string of the molecule is Brc1cccc(-c2noc(CN3CCC[C@@H]3c3nc4ccccc4s3)n2)c1. The minimum atomic E-state index is 0.323. The average Bonchev–Trinajstić information content (AvgIpc) is 3.41. The maximum atomic E-state index is 5.53. The van der Waals surface area contributed by atoms with Gasteiger partial charge in [-0.1, -0.05) is 45.4 Å².